The molecule has 1 heteroatoms. The quantitative estimate of drug-likeness (QED) is 0.559. The summed E-state index contributed by atoms with van der Waals surface area (Å²) < 4.78 is 0. The third kappa shape index (κ3) is 6.38. The van der Waals surface area contributed by atoms with Gasteiger partial charge in [0.15, 0.2) is 0 Å². The summed E-state index contributed by atoms with van der Waals surface area (Å²) in [5.74, 6) is 1.69. The lowest BCUT2D eigenvalue weighted by atomic mass is 9.94. The molecule has 1 N–H and O–H groups in total. The first kappa shape index (κ1) is 11.7. The van der Waals surface area contributed by atoms with E-state index in [1.165, 1.54) is 31.9 Å². The Morgan fingerprint density at radius 3 is 2.17 bits per heavy atom. The van der Waals surface area contributed by atoms with Crippen LogP contribution in [0, 0.1) is 17.2 Å². The lowest BCUT2D eigenvalue weighted by Crippen LogP contribution is -1.99. The molecule has 12 heavy (non-hydrogen) atoms. The number of hydrogen-bond donors (Lipinski definition) is 1. The van der Waals surface area contributed by atoms with E-state index in [1.54, 1.807) is 0 Å². The fourth-order valence-corrected chi connectivity index (χ4v) is 1.29. The Morgan fingerprint density at radius 1 is 1.08 bits per heavy atom. The molecule has 72 valence electrons. The van der Waals surface area contributed by atoms with Crippen LogP contribution in [0.25, 0.3) is 0 Å². The predicted molar refractivity (Wildman–Crippen MR) is 55.9 cm³/mol. The van der Waals surface area contributed by atoms with E-state index < -0.39 is 0 Å². The van der Waals surface area contributed by atoms with Crippen LogP contribution in [-0.4, -0.2) is 6.21 Å². The van der Waals surface area contributed by atoms with Crippen molar-refractivity contribution in [3.8, 4) is 0 Å². The minimum Gasteiger partial charge on any atom is -0.313 e. The van der Waals surface area contributed by atoms with Crippen molar-refractivity contribution in [1.82, 2.24) is 0 Å². The Kier molecular flexibility index (Phi) is 7.12. The molecule has 0 aliphatic carbocycles. The zero-order valence-electron chi connectivity index (χ0n) is 8.77. The predicted octanol–water partition coefficient (Wildman–Crippen LogP) is 3.88. The van der Waals surface area contributed by atoms with Crippen LogP contribution in [0.5, 0.6) is 0 Å². The van der Waals surface area contributed by atoms with Gasteiger partial charge in [0, 0.05) is 0 Å². The van der Waals surface area contributed by atoms with Crippen LogP contribution >= 0.6 is 0 Å². The third-order valence-electron chi connectivity index (χ3n) is 2.65. The molecule has 0 saturated carbocycles. The summed E-state index contributed by atoms with van der Waals surface area (Å²) in [6, 6.07) is 0. The Morgan fingerprint density at radius 2 is 1.67 bits per heavy atom. The van der Waals surface area contributed by atoms with Gasteiger partial charge in [-0.05, 0) is 30.9 Å². The summed E-state index contributed by atoms with van der Waals surface area (Å²) in [6.45, 7) is 6.88. The number of hydrogen-bond acceptors (Lipinski definition) is 1. The van der Waals surface area contributed by atoms with Gasteiger partial charge < -0.3 is 5.41 Å². The van der Waals surface area contributed by atoms with E-state index in [2.05, 4.69) is 20.8 Å². The molecule has 0 spiro atoms. The maximum atomic E-state index is 6.92. The highest BCUT2D eigenvalue weighted by Crippen LogP contribution is 2.17. The van der Waals surface area contributed by atoms with Crippen molar-refractivity contribution in [2.45, 2.75) is 52.9 Å². The molecule has 0 aromatic rings. The molecular weight excluding hydrogens is 146 g/mol. The molecule has 0 radical (unpaired) electrons. The topological polar surface area (TPSA) is 23.9 Å². The van der Waals surface area contributed by atoms with Crippen molar-refractivity contribution in [1.29, 1.82) is 5.41 Å². The van der Waals surface area contributed by atoms with Gasteiger partial charge in [-0.1, -0.05) is 40.0 Å². The molecule has 0 rings (SSSR count). The van der Waals surface area contributed by atoms with Crippen LogP contribution < -0.4 is 0 Å². The maximum Gasteiger partial charge on any atom is -0.00476 e. The Hall–Kier alpha value is -0.330. The number of nitrogens with one attached hydrogen (secondary N) is 1. The van der Waals surface area contributed by atoms with Gasteiger partial charge in [-0.3, -0.25) is 0 Å². The van der Waals surface area contributed by atoms with Gasteiger partial charge in [-0.15, -0.1) is 0 Å². The smallest absolute Gasteiger partial charge is 0.00476 e. The lowest BCUT2D eigenvalue weighted by Gasteiger charge is -2.12. The van der Waals surface area contributed by atoms with Crippen LogP contribution in [0.1, 0.15) is 52.9 Å². The van der Waals surface area contributed by atoms with Gasteiger partial charge in [-0.2, -0.15) is 0 Å². The van der Waals surface area contributed by atoms with E-state index in [1.807, 2.05) is 0 Å². The summed E-state index contributed by atoms with van der Waals surface area (Å²) in [5, 5.41) is 6.92. The van der Waals surface area contributed by atoms with E-state index in [0.29, 0.717) is 0 Å². The highest BCUT2D eigenvalue weighted by atomic mass is 14.3. The van der Waals surface area contributed by atoms with Crippen LogP contribution in [0.3, 0.4) is 0 Å². The van der Waals surface area contributed by atoms with Gasteiger partial charge >= 0.3 is 0 Å². The van der Waals surface area contributed by atoms with Gasteiger partial charge in [-0.25, -0.2) is 0 Å². The van der Waals surface area contributed by atoms with E-state index in [4.69, 9.17) is 5.41 Å². The first-order chi connectivity index (χ1) is 5.70. The average molecular weight is 169 g/mol. The summed E-state index contributed by atoms with van der Waals surface area (Å²) >= 11 is 0. The summed E-state index contributed by atoms with van der Waals surface area (Å²) in [7, 11) is 0. The van der Waals surface area contributed by atoms with Crippen LogP contribution in [0.4, 0.5) is 0 Å². The molecule has 0 amide bonds. The molecule has 0 bridgehead atoms. The highest BCUT2D eigenvalue weighted by Gasteiger charge is 2.04. The molecule has 0 saturated heterocycles. The molecule has 0 aromatic heterocycles. The molecule has 0 aliphatic heterocycles. The van der Waals surface area contributed by atoms with Gasteiger partial charge in [0.1, 0.15) is 0 Å². The molecule has 0 aliphatic rings. The van der Waals surface area contributed by atoms with Crippen LogP contribution in [0.2, 0.25) is 0 Å². The first-order valence-electron chi connectivity index (χ1n) is 5.19. The Labute approximate surface area is 77.1 Å². The third-order valence-corrected chi connectivity index (χ3v) is 2.65. The van der Waals surface area contributed by atoms with Crippen molar-refractivity contribution in [2.24, 2.45) is 11.8 Å². The van der Waals surface area contributed by atoms with E-state index in [0.717, 1.165) is 18.3 Å². The van der Waals surface area contributed by atoms with Gasteiger partial charge in [0.2, 0.25) is 0 Å². The van der Waals surface area contributed by atoms with E-state index in [-0.39, 0.29) is 0 Å². The van der Waals surface area contributed by atoms with Crippen molar-refractivity contribution < 1.29 is 0 Å². The zero-order chi connectivity index (χ0) is 9.40. The Bertz CT molecular complexity index is 110. The normalized spacial score (nSPS) is 15.6. The monoisotopic (exact) mass is 169 g/mol. The second-order valence-corrected chi connectivity index (χ2v) is 3.98. The van der Waals surface area contributed by atoms with Crippen LogP contribution in [-0.2, 0) is 0 Å². The molecule has 0 heterocycles. The van der Waals surface area contributed by atoms with Crippen LogP contribution in [0.15, 0.2) is 0 Å². The molecule has 2 unspecified atom stereocenters. The largest absolute Gasteiger partial charge is 0.313 e. The first-order valence-corrected chi connectivity index (χ1v) is 5.19. The summed E-state index contributed by atoms with van der Waals surface area (Å²) in [5.41, 5.74) is 0. The standard InChI is InChI=1S/C11H23N/c1-4-10(2)7-8-11(3)6-5-9-12/h9-12H,4-8H2,1-3H3. The van der Waals surface area contributed by atoms with E-state index >= 15 is 0 Å². The van der Waals surface area contributed by atoms with Crippen molar-refractivity contribution in [2.75, 3.05) is 0 Å². The second-order valence-electron chi connectivity index (χ2n) is 3.98. The fraction of sp³-hybridized carbons (Fsp3) is 0.909. The molecule has 2 atom stereocenters. The second kappa shape index (κ2) is 7.33. The molecule has 0 fully saturated rings. The maximum absolute atomic E-state index is 6.92. The zero-order valence-corrected chi connectivity index (χ0v) is 8.77. The van der Waals surface area contributed by atoms with E-state index in [9.17, 15) is 0 Å². The molecule has 1 nitrogen and oxygen atoms in total. The van der Waals surface area contributed by atoms with Gasteiger partial charge in [0.05, 0.1) is 0 Å². The minimum absolute atomic E-state index is 0.806. The molecule has 0 aromatic carbocycles. The number of rotatable bonds is 7. The Balaban J connectivity index is 3.29. The van der Waals surface area contributed by atoms with Gasteiger partial charge in [0.25, 0.3) is 0 Å². The highest BCUT2D eigenvalue weighted by molar-refractivity contribution is 5.52. The lowest BCUT2D eigenvalue weighted by molar-refractivity contribution is 0.411. The van der Waals surface area contributed by atoms with Crippen molar-refractivity contribution >= 4 is 6.21 Å². The summed E-state index contributed by atoms with van der Waals surface area (Å²) in [6.07, 6.45) is 7.68. The molecular formula is C11H23N. The average Bonchev–Trinajstić information content (AvgIpc) is 2.10. The fourth-order valence-electron chi connectivity index (χ4n) is 1.29. The van der Waals surface area contributed by atoms with Crippen molar-refractivity contribution in [3.05, 3.63) is 0 Å². The minimum atomic E-state index is 0.806. The summed E-state index contributed by atoms with van der Waals surface area (Å²) in [4.78, 5) is 0. The SMILES string of the molecule is CCC(C)CCC(C)CCC=N. The van der Waals surface area contributed by atoms with Crippen molar-refractivity contribution in [3.63, 3.8) is 0 Å².